The lowest BCUT2D eigenvalue weighted by Gasteiger charge is -2.41. The second-order valence-corrected chi connectivity index (χ2v) is 9.32. The van der Waals surface area contributed by atoms with Gasteiger partial charge in [0.25, 0.3) is 0 Å². The fraction of sp³-hybridized carbons (Fsp3) is 0.586. The molecule has 0 heterocycles. The maximum atomic E-state index is 2.42. The number of hydrogen-bond donors (Lipinski definition) is 0. The lowest BCUT2D eigenvalue weighted by molar-refractivity contribution is -0.942. The molecule has 0 aliphatic rings. The van der Waals surface area contributed by atoms with Crippen molar-refractivity contribution in [1.82, 2.24) is 0 Å². The molecule has 0 aliphatic carbocycles. The smallest absolute Gasteiger partial charge is 0.104 e. The number of quaternary nitrogens is 1. The van der Waals surface area contributed by atoms with Crippen LogP contribution in [0.4, 0.5) is 0 Å². The number of nitrogens with zero attached hydrogens (tertiary/aromatic N) is 1. The van der Waals surface area contributed by atoms with Gasteiger partial charge in [-0.1, -0.05) is 107 Å². The summed E-state index contributed by atoms with van der Waals surface area (Å²) in [6, 6.07) is 22.4. The van der Waals surface area contributed by atoms with E-state index in [4.69, 9.17) is 0 Å². The molecule has 1 nitrogen and oxygen atoms in total. The van der Waals surface area contributed by atoms with Crippen molar-refractivity contribution >= 4 is 0 Å². The van der Waals surface area contributed by atoms with Crippen LogP contribution in [0.5, 0.6) is 0 Å². The van der Waals surface area contributed by atoms with Crippen LogP contribution in [0.3, 0.4) is 0 Å². The van der Waals surface area contributed by atoms with Gasteiger partial charge in [-0.15, -0.1) is 0 Å². The molecule has 0 fully saturated rings. The zero-order chi connectivity index (χ0) is 21.5. The van der Waals surface area contributed by atoms with Crippen LogP contribution in [0.25, 0.3) is 0 Å². The predicted molar refractivity (Wildman–Crippen MR) is 133 cm³/mol. The quantitative estimate of drug-likeness (QED) is 0.195. The second kappa shape index (κ2) is 14.4. The van der Waals surface area contributed by atoms with Gasteiger partial charge in [0, 0.05) is 11.5 Å². The molecular weight excluding hydrogens is 362 g/mol. The van der Waals surface area contributed by atoms with Crippen molar-refractivity contribution in [3.8, 4) is 0 Å². The first kappa shape index (κ1) is 24.7. The van der Waals surface area contributed by atoms with Gasteiger partial charge < -0.3 is 4.48 Å². The standard InChI is InChI=1S/C29H46N/c1-4-7-8-9-10-17-23-30(6-3,25-28-21-15-12-16-22-28)26-29(18-5-2)24-27-19-13-11-14-20-27/h11-16,19-22,29H,4-10,17-18,23-26H2,1-3H3/q+1. The normalized spacial score (nSPS) is 14.4. The molecule has 2 unspecified atom stereocenters. The zero-order valence-corrected chi connectivity index (χ0v) is 20.0. The average Bonchev–Trinajstić information content (AvgIpc) is 2.77. The Morgan fingerprint density at radius 2 is 1.27 bits per heavy atom. The molecular formula is C29H46N+. The lowest BCUT2D eigenvalue weighted by Crippen LogP contribution is -2.51. The van der Waals surface area contributed by atoms with E-state index in [1.807, 2.05) is 0 Å². The Bertz CT molecular complexity index is 651. The third-order valence-corrected chi connectivity index (χ3v) is 6.73. The molecule has 1 heteroatoms. The number of hydrogen-bond acceptors (Lipinski definition) is 0. The molecule has 0 saturated carbocycles. The Morgan fingerprint density at radius 3 is 1.87 bits per heavy atom. The van der Waals surface area contributed by atoms with E-state index < -0.39 is 0 Å². The van der Waals surface area contributed by atoms with Crippen molar-refractivity contribution < 1.29 is 4.48 Å². The summed E-state index contributed by atoms with van der Waals surface area (Å²) < 4.78 is 1.25. The van der Waals surface area contributed by atoms with E-state index in [-0.39, 0.29) is 0 Å². The summed E-state index contributed by atoms with van der Waals surface area (Å²) in [4.78, 5) is 0. The molecule has 2 aromatic rings. The van der Waals surface area contributed by atoms with E-state index in [9.17, 15) is 0 Å². The topological polar surface area (TPSA) is 0 Å². The van der Waals surface area contributed by atoms with Crippen LogP contribution in [0, 0.1) is 5.92 Å². The Labute approximate surface area is 187 Å². The summed E-state index contributed by atoms with van der Waals surface area (Å²) in [7, 11) is 0. The van der Waals surface area contributed by atoms with Gasteiger partial charge in [0.15, 0.2) is 0 Å². The summed E-state index contributed by atoms with van der Waals surface area (Å²) in [6.45, 7) is 12.1. The fourth-order valence-electron chi connectivity index (χ4n) is 4.99. The molecule has 0 N–H and O–H groups in total. The average molecular weight is 409 g/mol. The van der Waals surface area contributed by atoms with Crippen molar-refractivity contribution in [3.05, 3.63) is 71.8 Å². The minimum atomic E-state index is 0.765. The second-order valence-electron chi connectivity index (χ2n) is 9.32. The van der Waals surface area contributed by atoms with E-state index in [0.717, 1.165) is 5.92 Å². The maximum Gasteiger partial charge on any atom is 0.104 e. The molecule has 0 bridgehead atoms. The zero-order valence-electron chi connectivity index (χ0n) is 20.0. The van der Waals surface area contributed by atoms with Gasteiger partial charge >= 0.3 is 0 Å². The number of benzene rings is 2. The van der Waals surface area contributed by atoms with Crippen LogP contribution >= 0.6 is 0 Å². The highest BCUT2D eigenvalue weighted by Gasteiger charge is 2.29. The molecule has 2 rings (SSSR count). The van der Waals surface area contributed by atoms with E-state index in [0.29, 0.717) is 0 Å². The van der Waals surface area contributed by atoms with Gasteiger partial charge in [0.05, 0.1) is 19.6 Å². The molecule has 0 radical (unpaired) electrons. The predicted octanol–water partition coefficient (Wildman–Crippen LogP) is 8.04. The van der Waals surface area contributed by atoms with E-state index in [2.05, 4.69) is 81.4 Å². The first-order valence-electron chi connectivity index (χ1n) is 12.6. The van der Waals surface area contributed by atoms with Gasteiger partial charge in [0.1, 0.15) is 6.54 Å². The summed E-state index contributed by atoms with van der Waals surface area (Å²) in [6.07, 6.45) is 12.2. The van der Waals surface area contributed by atoms with Crippen LogP contribution in [0.2, 0.25) is 0 Å². The Hall–Kier alpha value is -1.60. The van der Waals surface area contributed by atoms with Crippen LogP contribution in [-0.2, 0) is 13.0 Å². The van der Waals surface area contributed by atoms with Crippen molar-refractivity contribution in [2.75, 3.05) is 19.6 Å². The molecule has 0 aliphatic heterocycles. The minimum absolute atomic E-state index is 0.765. The molecule has 2 atom stereocenters. The van der Waals surface area contributed by atoms with Gasteiger partial charge in [-0.3, -0.25) is 0 Å². The molecule has 0 amide bonds. The summed E-state index contributed by atoms with van der Waals surface area (Å²) in [5.41, 5.74) is 3.00. The molecule has 2 aromatic carbocycles. The first-order valence-corrected chi connectivity index (χ1v) is 12.6. The third-order valence-electron chi connectivity index (χ3n) is 6.73. The van der Waals surface area contributed by atoms with Crippen LogP contribution in [0.1, 0.15) is 83.3 Å². The minimum Gasteiger partial charge on any atom is -0.320 e. The molecule has 0 aromatic heterocycles. The first-order chi connectivity index (χ1) is 14.7. The third kappa shape index (κ3) is 9.04. The maximum absolute atomic E-state index is 2.42. The number of rotatable bonds is 16. The highest BCUT2D eigenvalue weighted by Crippen LogP contribution is 2.24. The van der Waals surface area contributed by atoms with Gasteiger partial charge in [-0.25, -0.2) is 0 Å². The number of unbranched alkanes of at least 4 members (excludes halogenated alkanes) is 5. The largest absolute Gasteiger partial charge is 0.320 e. The Balaban J connectivity index is 2.09. The molecule has 166 valence electrons. The fourth-order valence-corrected chi connectivity index (χ4v) is 4.99. The Kier molecular flexibility index (Phi) is 11.9. The SMILES string of the molecule is CCCCCCCC[N+](CC)(Cc1ccccc1)CC(CCC)Cc1ccccc1. The van der Waals surface area contributed by atoms with Crippen LogP contribution in [-0.4, -0.2) is 24.1 Å². The molecule has 0 saturated heterocycles. The van der Waals surface area contributed by atoms with Crippen molar-refractivity contribution in [2.24, 2.45) is 5.92 Å². The van der Waals surface area contributed by atoms with Crippen LogP contribution < -0.4 is 0 Å². The highest BCUT2D eigenvalue weighted by atomic mass is 15.3. The van der Waals surface area contributed by atoms with Gasteiger partial charge in [0.2, 0.25) is 0 Å². The summed E-state index contributed by atoms with van der Waals surface area (Å²) in [5.74, 6) is 0.765. The Morgan fingerprint density at radius 1 is 0.667 bits per heavy atom. The van der Waals surface area contributed by atoms with E-state index in [1.54, 1.807) is 0 Å². The van der Waals surface area contributed by atoms with Crippen molar-refractivity contribution in [3.63, 3.8) is 0 Å². The van der Waals surface area contributed by atoms with E-state index >= 15 is 0 Å². The van der Waals surface area contributed by atoms with E-state index in [1.165, 1.54) is 99.6 Å². The van der Waals surface area contributed by atoms with Crippen molar-refractivity contribution in [1.29, 1.82) is 0 Å². The molecule has 0 spiro atoms. The van der Waals surface area contributed by atoms with Gasteiger partial charge in [-0.2, -0.15) is 0 Å². The van der Waals surface area contributed by atoms with Crippen LogP contribution in [0.15, 0.2) is 60.7 Å². The highest BCUT2D eigenvalue weighted by molar-refractivity contribution is 5.15. The van der Waals surface area contributed by atoms with Crippen molar-refractivity contribution in [2.45, 2.75) is 85.1 Å². The summed E-state index contributed by atoms with van der Waals surface area (Å²) in [5, 5.41) is 0. The lowest BCUT2D eigenvalue weighted by atomic mass is 9.92. The molecule has 30 heavy (non-hydrogen) atoms. The summed E-state index contributed by atoms with van der Waals surface area (Å²) >= 11 is 0. The monoisotopic (exact) mass is 408 g/mol. The van der Waals surface area contributed by atoms with Gasteiger partial charge in [-0.05, 0) is 38.2 Å².